The van der Waals surface area contributed by atoms with Crippen molar-refractivity contribution in [2.45, 2.75) is 37.2 Å². The van der Waals surface area contributed by atoms with Gasteiger partial charge in [0.1, 0.15) is 11.9 Å². The number of carbonyl (C=O) groups excluding carboxylic acids is 1. The number of hydrogen-bond acceptors (Lipinski definition) is 4. The van der Waals surface area contributed by atoms with Gasteiger partial charge in [0.2, 0.25) is 0 Å². The van der Waals surface area contributed by atoms with Gasteiger partial charge in [0, 0.05) is 16.7 Å². The molecule has 1 atom stereocenters. The summed E-state index contributed by atoms with van der Waals surface area (Å²) in [6.07, 6.45) is 0.645. The van der Waals surface area contributed by atoms with Gasteiger partial charge < -0.3 is 10.1 Å². The highest BCUT2D eigenvalue weighted by molar-refractivity contribution is 7.99. The maximum atomic E-state index is 13.0. The van der Waals surface area contributed by atoms with Gasteiger partial charge in [0.05, 0.1) is 7.11 Å². The van der Waals surface area contributed by atoms with Crippen molar-refractivity contribution in [2.24, 2.45) is 0 Å². The van der Waals surface area contributed by atoms with Crippen LogP contribution in [0.2, 0.25) is 0 Å². The molecule has 0 aliphatic carbocycles. The van der Waals surface area contributed by atoms with Gasteiger partial charge >= 0.3 is 5.97 Å². The maximum Gasteiger partial charge on any atom is 0.322 e. The van der Waals surface area contributed by atoms with E-state index in [1.165, 1.54) is 31.0 Å². The van der Waals surface area contributed by atoms with E-state index in [4.69, 9.17) is 4.74 Å². The Morgan fingerprint density at radius 3 is 2.79 bits per heavy atom. The number of rotatable bonds is 7. The zero-order valence-corrected chi connectivity index (χ0v) is 12.3. The molecule has 1 aromatic carbocycles. The van der Waals surface area contributed by atoms with E-state index in [0.29, 0.717) is 6.42 Å². The lowest BCUT2D eigenvalue weighted by molar-refractivity contribution is -0.143. The number of ether oxygens (including phenoxy) is 1. The minimum Gasteiger partial charge on any atom is -0.468 e. The van der Waals surface area contributed by atoms with Crippen LogP contribution >= 0.6 is 11.8 Å². The Morgan fingerprint density at radius 1 is 1.47 bits per heavy atom. The van der Waals surface area contributed by atoms with Crippen LogP contribution in [0.25, 0.3) is 0 Å². The Labute approximate surface area is 117 Å². The largest absolute Gasteiger partial charge is 0.468 e. The lowest BCUT2D eigenvalue weighted by Crippen LogP contribution is -2.41. The molecule has 0 radical (unpaired) electrons. The second kappa shape index (κ2) is 8.17. The van der Waals surface area contributed by atoms with Crippen molar-refractivity contribution in [1.29, 1.82) is 0 Å². The topological polar surface area (TPSA) is 38.3 Å². The molecule has 106 valence electrons. The Bertz CT molecular complexity index is 412. The monoisotopic (exact) mass is 285 g/mol. The smallest absolute Gasteiger partial charge is 0.322 e. The van der Waals surface area contributed by atoms with Gasteiger partial charge in [-0.25, -0.2) is 4.39 Å². The Kier molecular flexibility index (Phi) is 6.87. The fraction of sp³-hybridized carbons (Fsp3) is 0.500. The number of nitrogens with one attached hydrogen (secondary N) is 1. The van der Waals surface area contributed by atoms with E-state index in [1.807, 2.05) is 19.9 Å². The molecule has 0 saturated heterocycles. The number of benzene rings is 1. The van der Waals surface area contributed by atoms with Gasteiger partial charge in [-0.2, -0.15) is 0 Å². The van der Waals surface area contributed by atoms with Gasteiger partial charge in [-0.15, -0.1) is 11.8 Å². The normalized spacial score (nSPS) is 12.5. The molecular weight excluding hydrogens is 265 g/mol. The zero-order valence-electron chi connectivity index (χ0n) is 11.5. The van der Waals surface area contributed by atoms with E-state index in [0.717, 1.165) is 10.6 Å². The van der Waals surface area contributed by atoms with E-state index < -0.39 is 0 Å². The SMILES string of the molecule is COC(=O)C(CCSc1cccc(F)c1)NC(C)C. The summed E-state index contributed by atoms with van der Waals surface area (Å²) in [6.45, 7) is 3.96. The van der Waals surface area contributed by atoms with E-state index in [2.05, 4.69) is 5.32 Å². The Hall–Kier alpha value is -1.07. The maximum absolute atomic E-state index is 13.0. The van der Waals surface area contributed by atoms with E-state index in [-0.39, 0.29) is 23.9 Å². The summed E-state index contributed by atoms with van der Waals surface area (Å²) in [5, 5.41) is 3.17. The van der Waals surface area contributed by atoms with Crippen molar-refractivity contribution in [3.8, 4) is 0 Å². The second-order valence-corrected chi connectivity index (χ2v) is 5.66. The lowest BCUT2D eigenvalue weighted by Gasteiger charge is -2.18. The van der Waals surface area contributed by atoms with Crippen LogP contribution in [-0.4, -0.2) is 30.9 Å². The third-order valence-corrected chi connectivity index (χ3v) is 3.52. The molecule has 0 saturated carbocycles. The number of methoxy groups -OCH3 is 1. The van der Waals surface area contributed by atoms with E-state index >= 15 is 0 Å². The van der Waals surface area contributed by atoms with E-state index in [1.54, 1.807) is 6.07 Å². The molecule has 0 aliphatic heterocycles. The van der Waals surface area contributed by atoms with Crippen LogP contribution in [0.15, 0.2) is 29.2 Å². The first kappa shape index (κ1) is 16.0. The van der Waals surface area contributed by atoms with Crippen LogP contribution < -0.4 is 5.32 Å². The lowest BCUT2D eigenvalue weighted by atomic mass is 10.2. The summed E-state index contributed by atoms with van der Waals surface area (Å²) in [6, 6.07) is 6.35. The van der Waals surface area contributed by atoms with Crippen LogP contribution in [0.1, 0.15) is 20.3 Å². The van der Waals surface area contributed by atoms with Crippen molar-refractivity contribution in [3.63, 3.8) is 0 Å². The van der Waals surface area contributed by atoms with Crippen LogP contribution in [-0.2, 0) is 9.53 Å². The molecule has 3 nitrogen and oxygen atoms in total. The predicted octanol–water partition coefficient (Wildman–Crippen LogP) is 2.85. The molecule has 5 heteroatoms. The third-order valence-electron chi connectivity index (χ3n) is 2.49. The highest BCUT2D eigenvalue weighted by atomic mass is 32.2. The van der Waals surface area contributed by atoms with Crippen LogP contribution in [0.4, 0.5) is 4.39 Å². The molecular formula is C14H20FNO2S. The summed E-state index contributed by atoms with van der Waals surface area (Å²) in [4.78, 5) is 12.5. The van der Waals surface area contributed by atoms with Crippen LogP contribution in [0.3, 0.4) is 0 Å². The molecule has 0 amide bonds. The summed E-state index contributed by atoms with van der Waals surface area (Å²) in [5.41, 5.74) is 0. The van der Waals surface area contributed by atoms with Crippen molar-refractivity contribution < 1.29 is 13.9 Å². The van der Waals surface area contributed by atoms with Crippen molar-refractivity contribution in [1.82, 2.24) is 5.32 Å². The highest BCUT2D eigenvalue weighted by Crippen LogP contribution is 2.20. The first-order chi connectivity index (χ1) is 9.02. The van der Waals surface area contributed by atoms with Crippen LogP contribution in [0.5, 0.6) is 0 Å². The van der Waals surface area contributed by atoms with Crippen molar-refractivity contribution in [2.75, 3.05) is 12.9 Å². The van der Waals surface area contributed by atoms with Gasteiger partial charge in [-0.3, -0.25) is 4.79 Å². The van der Waals surface area contributed by atoms with Crippen molar-refractivity contribution >= 4 is 17.7 Å². The summed E-state index contributed by atoms with van der Waals surface area (Å²) >= 11 is 1.53. The van der Waals surface area contributed by atoms with Gasteiger partial charge in [0.25, 0.3) is 0 Å². The second-order valence-electron chi connectivity index (χ2n) is 4.49. The molecule has 1 N–H and O–H groups in total. The number of hydrogen-bond donors (Lipinski definition) is 1. The Morgan fingerprint density at radius 2 is 2.21 bits per heavy atom. The van der Waals surface area contributed by atoms with Gasteiger partial charge in [0.15, 0.2) is 0 Å². The third kappa shape index (κ3) is 6.07. The number of esters is 1. The molecule has 1 aromatic rings. The molecule has 0 heterocycles. The minimum atomic E-state index is -0.314. The molecule has 0 spiro atoms. The molecule has 0 aromatic heterocycles. The highest BCUT2D eigenvalue weighted by Gasteiger charge is 2.19. The summed E-state index contributed by atoms with van der Waals surface area (Å²) < 4.78 is 17.8. The minimum absolute atomic E-state index is 0.211. The Balaban J connectivity index is 2.45. The molecule has 1 rings (SSSR count). The summed E-state index contributed by atoms with van der Waals surface area (Å²) in [7, 11) is 1.39. The number of halogens is 1. The summed E-state index contributed by atoms with van der Waals surface area (Å²) in [5.74, 6) is 0.228. The standard InChI is InChI=1S/C14H20FNO2S/c1-10(2)16-13(14(17)18-3)7-8-19-12-6-4-5-11(15)9-12/h4-6,9-10,13,16H,7-8H2,1-3H3. The molecule has 0 bridgehead atoms. The zero-order chi connectivity index (χ0) is 14.3. The number of thioether (sulfide) groups is 1. The average Bonchev–Trinajstić information content (AvgIpc) is 2.36. The fourth-order valence-corrected chi connectivity index (χ4v) is 2.63. The molecule has 19 heavy (non-hydrogen) atoms. The first-order valence-electron chi connectivity index (χ1n) is 6.25. The number of carbonyl (C=O) groups is 1. The molecule has 1 unspecified atom stereocenters. The first-order valence-corrected chi connectivity index (χ1v) is 7.23. The molecule has 0 aliphatic rings. The predicted molar refractivity (Wildman–Crippen MR) is 75.8 cm³/mol. The van der Waals surface area contributed by atoms with Gasteiger partial charge in [-0.05, 0) is 24.6 Å². The molecule has 0 fully saturated rings. The van der Waals surface area contributed by atoms with Crippen LogP contribution in [0, 0.1) is 5.82 Å². The fourth-order valence-electron chi connectivity index (χ4n) is 1.67. The van der Waals surface area contributed by atoms with E-state index in [9.17, 15) is 9.18 Å². The van der Waals surface area contributed by atoms with Gasteiger partial charge in [-0.1, -0.05) is 19.9 Å². The quantitative estimate of drug-likeness (QED) is 0.617. The average molecular weight is 285 g/mol. The van der Waals surface area contributed by atoms with Crippen molar-refractivity contribution in [3.05, 3.63) is 30.1 Å².